The molecule has 0 saturated carbocycles. The Morgan fingerprint density at radius 2 is 2.06 bits per heavy atom. The molecule has 0 aliphatic carbocycles. The van der Waals surface area contributed by atoms with E-state index < -0.39 is 0 Å². The minimum absolute atomic E-state index is 0.0356. The van der Waals surface area contributed by atoms with Crippen LogP contribution in [0.2, 0.25) is 5.02 Å². The second-order valence-electron chi connectivity index (χ2n) is 4.20. The van der Waals surface area contributed by atoms with E-state index in [1.54, 1.807) is 6.07 Å². The SMILES string of the molecule is CCC(CC)N(C)c1cccc(Cl)c1C(N)=NO. The summed E-state index contributed by atoms with van der Waals surface area (Å²) >= 11 is 6.14. The smallest absolute Gasteiger partial charge is 0.173 e. The predicted octanol–water partition coefficient (Wildman–Crippen LogP) is 3.06. The van der Waals surface area contributed by atoms with Crippen LogP contribution >= 0.6 is 11.6 Å². The zero-order chi connectivity index (χ0) is 13.7. The van der Waals surface area contributed by atoms with Gasteiger partial charge in [0.15, 0.2) is 5.84 Å². The standard InChI is InChI=1S/C13H20ClN3O/c1-4-9(5-2)17(3)11-8-6-7-10(14)12(11)13(15)16-18/h6-9,18H,4-5H2,1-3H3,(H2,15,16). The summed E-state index contributed by atoms with van der Waals surface area (Å²) in [6.45, 7) is 4.27. The van der Waals surface area contributed by atoms with Crippen molar-refractivity contribution in [1.29, 1.82) is 0 Å². The van der Waals surface area contributed by atoms with Crippen LogP contribution in [0.4, 0.5) is 5.69 Å². The van der Waals surface area contributed by atoms with Crippen LogP contribution in [0.5, 0.6) is 0 Å². The fraction of sp³-hybridized carbons (Fsp3) is 0.462. The third kappa shape index (κ3) is 2.88. The number of halogens is 1. The maximum atomic E-state index is 8.86. The van der Waals surface area contributed by atoms with Crippen LogP contribution < -0.4 is 10.6 Å². The van der Waals surface area contributed by atoms with Crippen LogP contribution in [-0.4, -0.2) is 24.1 Å². The van der Waals surface area contributed by atoms with Crippen LogP contribution in [0.25, 0.3) is 0 Å². The van der Waals surface area contributed by atoms with Gasteiger partial charge in [-0.15, -0.1) is 0 Å². The lowest BCUT2D eigenvalue weighted by atomic mass is 10.1. The lowest BCUT2D eigenvalue weighted by Crippen LogP contribution is -2.32. The lowest BCUT2D eigenvalue weighted by molar-refractivity contribution is 0.318. The van der Waals surface area contributed by atoms with E-state index in [4.69, 9.17) is 22.5 Å². The predicted molar refractivity (Wildman–Crippen MR) is 76.7 cm³/mol. The maximum Gasteiger partial charge on any atom is 0.173 e. The summed E-state index contributed by atoms with van der Waals surface area (Å²) in [6, 6.07) is 5.93. The Morgan fingerprint density at radius 3 is 2.56 bits per heavy atom. The van der Waals surface area contributed by atoms with Crippen molar-refractivity contribution >= 4 is 23.1 Å². The second-order valence-corrected chi connectivity index (χ2v) is 4.61. The molecule has 0 unspecified atom stereocenters. The van der Waals surface area contributed by atoms with Crippen LogP contribution in [0.1, 0.15) is 32.3 Å². The van der Waals surface area contributed by atoms with Gasteiger partial charge >= 0.3 is 0 Å². The number of anilines is 1. The molecule has 1 aromatic carbocycles. The van der Waals surface area contributed by atoms with Crippen LogP contribution in [0.15, 0.2) is 23.4 Å². The van der Waals surface area contributed by atoms with Gasteiger partial charge in [-0.1, -0.05) is 36.7 Å². The molecule has 3 N–H and O–H groups in total. The average molecular weight is 270 g/mol. The molecule has 4 nitrogen and oxygen atoms in total. The minimum Gasteiger partial charge on any atom is -0.409 e. The molecular weight excluding hydrogens is 250 g/mol. The Hall–Kier alpha value is -1.42. The monoisotopic (exact) mass is 269 g/mol. The molecule has 0 aromatic heterocycles. The highest BCUT2D eigenvalue weighted by Gasteiger charge is 2.18. The van der Waals surface area contributed by atoms with Crippen molar-refractivity contribution in [2.24, 2.45) is 10.9 Å². The minimum atomic E-state index is 0.0356. The van der Waals surface area contributed by atoms with E-state index in [1.165, 1.54) is 0 Å². The number of hydrogen-bond donors (Lipinski definition) is 2. The molecule has 0 radical (unpaired) electrons. The Balaban J connectivity index is 3.28. The van der Waals surface area contributed by atoms with E-state index in [9.17, 15) is 0 Å². The molecular formula is C13H20ClN3O. The summed E-state index contributed by atoms with van der Waals surface area (Å²) in [4.78, 5) is 2.12. The molecule has 0 saturated heterocycles. The second kappa shape index (κ2) is 6.50. The average Bonchev–Trinajstić information content (AvgIpc) is 2.38. The first-order valence-electron chi connectivity index (χ1n) is 6.06. The number of benzene rings is 1. The van der Waals surface area contributed by atoms with E-state index in [0.717, 1.165) is 18.5 Å². The van der Waals surface area contributed by atoms with E-state index in [-0.39, 0.29) is 5.84 Å². The first kappa shape index (κ1) is 14.6. The zero-order valence-electron chi connectivity index (χ0n) is 11.0. The summed E-state index contributed by atoms with van der Waals surface area (Å²) in [7, 11) is 2.00. The van der Waals surface area contributed by atoms with Crippen molar-refractivity contribution < 1.29 is 5.21 Å². The van der Waals surface area contributed by atoms with Crippen LogP contribution in [-0.2, 0) is 0 Å². The molecule has 0 amide bonds. The summed E-state index contributed by atoms with van der Waals surface area (Å²) in [6.07, 6.45) is 2.05. The topological polar surface area (TPSA) is 61.8 Å². The first-order valence-corrected chi connectivity index (χ1v) is 6.43. The van der Waals surface area contributed by atoms with Gasteiger partial charge in [0.2, 0.25) is 0 Å². The van der Waals surface area contributed by atoms with Gasteiger partial charge in [0.1, 0.15) is 0 Å². The number of amidine groups is 1. The third-order valence-electron chi connectivity index (χ3n) is 3.23. The number of nitrogens with two attached hydrogens (primary N) is 1. The highest BCUT2D eigenvalue weighted by Crippen LogP contribution is 2.29. The normalized spacial score (nSPS) is 11.9. The molecule has 1 aromatic rings. The van der Waals surface area contributed by atoms with Crippen molar-refractivity contribution in [2.45, 2.75) is 32.7 Å². The van der Waals surface area contributed by atoms with Gasteiger partial charge in [-0.05, 0) is 25.0 Å². The summed E-state index contributed by atoms with van der Waals surface area (Å²) in [5.74, 6) is 0.0356. The highest BCUT2D eigenvalue weighted by atomic mass is 35.5. The molecule has 0 aliphatic rings. The van der Waals surface area contributed by atoms with E-state index >= 15 is 0 Å². The molecule has 5 heteroatoms. The van der Waals surface area contributed by atoms with Gasteiger partial charge in [0.05, 0.1) is 10.6 Å². The molecule has 0 spiro atoms. The van der Waals surface area contributed by atoms with E-state index in [0.29, 0.717) is 16.6 Å². The highest BCUT2D eigenvalue weighted by molar-refractivity contribution is 6.34. The Bertz CT molecular complexity index is 430. The molecule has 1 rings (SSSR count). The third-order valence-corrected chi connectivity index (χ3v) is 3.54. The van der Waals surface area contributed by atoms with Crippen LogP contribution in [0, 0.1) is 0 Å². The Morgan fingerprint density at radius 1 is 1.44 bits per heavy atom. The number of rotatable bonds is 5. The molecule has 0 bridgehead atoms. The number of nitrogens with zero attached hydrogens (tertiary/aromatic N) is 2. The molecule has 0 heterocycles. The lowest BCUT2D eigenvalue weighted by Gasteiger charge is -2.30. The van der Waals surface area contributed by atoms with Crippen molar-refractivity contribution in [3.05, 3.63) is 28.8 Å². The van der Waals surface area contributed by atoms with Gasteiger partial charge in [-0.3, -0.25) is 0 Å². The number of hydrogen-bond acceptors (Lipinski definition) is 3. The maximum absolute atomic E-state index is 8.86. The van der Waals surface area contributed by atoms with Gasteiger partial charge in [-0.2, -0.15) is 0 Å². The molecule has 0 aliphatic heterocycles. The Kier molecular flexibility index (Phi) is 5.28. The van der Waals surface area contributed by atoms with Crippen molar-refractivity contribution in [2.75, 3.05) is 11.9 Å². The summed E-state index contributed by atoms with van der Waals surface area (Å²) < 4.78 is 0. The molecule has 0 fully saturated rings. The van der Waals surface area contributed by atoms with Crippen LogP contribution in [0.3, 0.4) is 0 Å². The molecule has 18 heavy (non-hydrogen) atoms. The first-order chi connectivity index (χ1) is 8.56. The largest absolute Gasteiger partial charge is 0.409 e. The van der Waals surface area contributed by atoms with E-state index in [1.807, 2.05) is 19.2 Å². The molecule has 100 valence electrons. The van der Waals surface area contributed by atoms with E-state index in [2.05, 4.69) is 23.9 Å². The van der Waals surface area contributed by atoms with Gasteiger partial charge in [0, 0.05) is 18.8 Å². The van der Waals surface area contributed by atoms with Gasteiger partial charge in [0.25, 0.3) is 0 Å². The summed E-state index contributed by atoms with van der Waals surface area (Å²) in [5.41, 5.74) is 7.17. The Labute approximate surface area is 113 Å². The quantitative estimate of drug-likeness (QED) is 0.374. The van der Waals surface area contributed by atoms with Gasteiger partial charge in [-0.25, -0.2) is 0 Å². The summed E-state index contributed by atoms with van der Waals surface area (Å²) in [5, 5.41) is 12.4. The van der Waals surface area contributed by atoms with Gasteiger partial charge < -0.3 is 15.8 Å². The zero-order valence-corrected chi connectivity index (χ0v) is 11.8. The molecule has 0 atom stereocenters. The number of oxime groups is 1. The fourth-order valence-corrected chi connectivity index (χ4v) is 2.41. The van der Waals surface area contributed by atoms with Crippen molar-refractivity contribution in [3.63, 3.8) is 0 Å². The van der Waals surface area contributed by atoms with Crippen molar-refractivity contribution in [1.82, 2.24) is 0 Å². The van der Waals surface area contributed by atoms with Crippen molar-refractivity contribution in [3.8, 4) is 0 Å². The fourth-order valence-electron chi connectivity index (χ4n) is 2.14.